The van der Waals surface area contributed by atoms with Crippen molar-refractivity contribution in [3.05, 3.63) is 78.2 Å². The number of rotatable bonds is 4. The van der Waals surface area contributed by atoms with Crippen LogP contribution in [0.1, 0.15) is 11.3 Å². The van der Waals surface area contributed by atoms with Crippen molar-refractivity contribution >= 4 is 22.8 Å². The fraction of sp³-hybridized carbons (Fsp3) is 0.105. The van der Waals surface area contributed by atoms with E-state index in [-0.39, 0.29) is 0 Å². The summed E-state index contributed by atoms with van der Waals surface area (Å²) >= 11 is 1.70. The Labute approximate surface area is 144 Å². The van der Waals surface area contributed by atoms with Gasteiger partial charge in [-0.25, -0.2) is 14.6 Å². The number of nitrogens with zero attached hydrogens (tertiary/aromatic N) is 4. The number of hydrogen-bond acceptors (Lipinski definition) is 4. The Morgan fingerprint density at radius 3 is 2.42 bits per heavy atom. The maximum Gasteiger partial charge on any atom is 0.118 e. The third-order valence-corrected chi connectivity index (χ3v) is 4.87. The number of aromatic nitrogens is 4. The van der Waals surface area contributed by atoms with Crippen molar-refractivity contribution in [3.63, 3.8) is 0 Å². The summed E-state index contributed by atoms with van der Waals surface area (Å²) < 4.78 is 1.90. The molecule has 0 saturated heterocycles. The third kappa shape index (κ3) is 3.03. The zero-order valence-electron chi connectivity index (χ0n) is 13.3. The number of hydrogen-bond donors (Lipinski definition) is 0. The highest BCUT2D eigenvalue weighted by molar-refractivity contribution is 7.98. The predicted octanol–water partition coefficient (Wildman–Crippen LogP) is 4.42. The maximum absolute atomic E-state index is 4.73. The molecular formula is C19H16N4S. The molecule has 4 rings (SSSR count). The van der Waals surface area contributed by atoms with Gasteiger partial charge in [0.2, 0.25) is 0 Å². The minimum absolute atomic E-state index is 0.820. The van der Waals surface area contributed by atoms with Crippen molar-refractivity contribution in [2.24, 2.45) is 0 Å². The van der Waals surface area contributed by atoms with Crippen molar-refractivity contribution in [1.82, 2.24) is 19.7 Å². The van der Waals surface area contributed by atoms with E-state index in [4.69, 9.17) is 4.98 Å². The van der Waals surface area contributed by atoms with Gasteiger partial charge in [-0.15, -0.1) is 0 Å². The highest BCUT2D eigenvalue weighted by Crippen LogP contribution is 2.25. The van der Waals surface area contributed by atoms with Crippen LogP contribution in [0.3, 0.4) is 0 Å². The molecule has 24 heavy (non-hydrogen) atoms. The summed E-state index contributed by atoms with van der Waals surface area (Å²) in [6, 6.07) is 18.1. The Balaban J connectivity index is 1.53. The molecule has 0 radical (unpaired) electrons. The van der Waals surface area contributed by atoms with Gasteiger partial charge in [0, 0.05) is 17.5 Å². The molecule has 5 heteroatoms. The minimum Gasteiger partial charge on any atom is -0.249 e. The van der Waals surface area contributed by atoms with Crippen molar-refractivity contribution in [3.8, 4) is 5.69 Å². The summed E-state index contributed by atoms with van der Waals surface area (Å²) in [4.78, 5) is 9.36. The quantitative estimate of drug-likeness (QED) is 0.519. The van der Waals surface area contributed by atoms with E-state index in [1.165, 1.54) is 5.56 Å². The van der Waals surface area contributed by atoms with Crippen LogP contribution in [0.15, 0.2) is 72.0 Å². The lowest BCUT2D eigenvalue weighted by atomic mass is 10.3. The second-order valence-corrected chi connectivity index (χ2v) is 6.48. The van der Waals surface area contributed by atoms with E-state index < -0.39 is 0 Å². The molecule has 0 bridgehead atoms. The fourth-order valence-electron chi connectivity index (χ4n) is 2.52. The van der Waals surface area contributed by atoms with Gasteiger partial charge < -0.3 is 0 Å². The van der Waals surface area contributed by atoms with Crippen molar-refractivity contribution in [1.29, 1.82) is 0 Å². The Morgan fingerprint density at radius 2 is 1.62 bits per heavy atom. The van der Waals surface area contributed by atoms with Crippen LogP contribution in [-0.4, -0.2) is 19.7 Å². The summed E-state index contributed by atoms with van der Waals surface area (Å²) in [5, 5.41) is 5.41. The van der Waals surface area contributed by atoms with Gasteiger partial charge in [0.15, 0.2) is 0 Å². The molecule has 2 aromatic carbocycles. The first-order chi connectivity index (χ1) is 11.8. The van der Waals surface area contributed by atoms with E-state index in [0.717, 1.165) is 33.2 Å². The highest BCUT2D eigenvalue weighted by Gasteiger charge is 2.07. The second kappa shape index (κ2) is 6.45. The Kier molecular flexibility index (Phi) is 4.01. The molecule has 4 nitrogen and oxygen atoms in total. The van der Waals surface area contributed by atoms with Gasteiger partial charge in [0.1, 0.15) is 5.03 Å². The lowest BCUT2D eigenvalue weighted by Crippen LogP contribution is -1.93. The topological polar surface area (TPSA) is 43.6 Å². The number of fused-ring (bicyclic) bond motifs is 1. The van der Waals surface area contributed by atoms with Gasteiger partial charge in [-0.1, -0.05) is 42.1 Å². The fourth-order valence-corrected chi connectivity index (χ4v) is 3.39. The zero-order chi connectivity index (χ0) is 16.4. The van der Waals surface area contributed by atoms with Crippen LogP contribution < -0.4 is 0 Å². The van der Waals surface area contributed by atoms with Crippen LogP contribution >= 0.6 is 11.8 Å². The van der Waals surface area contributed by atoms with Crippen molar-refractivity contribution in [2.75, 3.05) is 0 Å². The molecule has 0 atom stereocenters. The lowest BCUT2D eigenvalue weighted by Gasteiger charge is -2.05. The van der Waals surface area contributed by atoms with Gasteiger partial charge in [-0.2, -0.15) is 5.10 Å². The molecule has 2 aromatic heterocycles. The van der Waals surface area contributed by atoms with Crippen LogP contribution in [-0.2, 0) is 5.75 Å². The summed E-state index contributed by atoms with van der Waals surface area (Å²) in [5.41, 5.74) is 5.07. The predicted molar refractivity (Wildman–Crippen MR) is 97.4 cm³/mol. The summed E-state index contributed by atoms with van der Waals surface area (Å²) in [5.74, 6) is 0.820. The molecule has 0 N–H and O–H groups in total. The van der Waals surface area contributed by atoms with Crippen LogP contribution in [0.2, 0.25) is 0 Å². The van der Waals surface area contributed by atoms with Gasteiger partial charge in [-0.05, 0) is 31.2 Å². The van der Waals surface area contributed by atoms with Crippen LogP contribution in [0.4, 0.5) is 0 Å². The number of benzene rings is 2. The lowest BCUT2D eigenvalue weighted by molar-refractivity contribution is 0.880. The van der Waals surface area contributed by atoms with Crippen LogP contribution in [0, 0.1) is 6.92 Å². The molecule has 0 saturated carbocycles. The molecular weight excluding hydrogens is 316 g/mol. The van der Waals surface area contributed by atoms with E-state index >= 15 is 0 Å². The zero-order valence-corrected chi connectivity index (χ0v) is 14.1. The third-order valence-electron chi connectivity index (χ3n) is 3.73. The highest BCUT2D eigenvalue weighted by atomic mass is 32.2. The van der Waals surface area contributed by atoms with Crippen molar-refractivity contribution < 1.29 is 0 Å². The first kappa shape index (κ1) is 14.9. The van der Waals surface area contributed by atoms with Crippen molar-refractivity contribution in [2.45, 2.75) is 17.7 Å². The minimum atomic E-state index is 0.820. The molecule has 0 amide bonds. The van der Waals surface area contributed by atoms with E-state index in [1.54, 1.807) is 11.8 Å². The number of para-hydroxylation sites is 3. The Hall–Kier alpha value is -2.66. The summed E-state index contributed by atoms with van der Waals surface area (Å²) in [6.45, 7) is 2.01. The van der Waals surface area contributed by atoms with Gasteiger partial charge >= 0.3 is 0 Å². The van der Waals surface area contributed by atoms with E-state index in [0.29, 0.717) is 0 Å². The molecule has 2 heterocycles. The number of aryl methyl sites for hydroxylation is 1. The monoisotopic (exact) mass is 332 g/mol. The first-order valence-electron chi connectivity index (χ1n) is 7.75. The van der Waals surface area contributed by atoms with Gasteiger partial charge in [0.25, 0.3) is 0 Å². The van der Waals surface area contributed by atoms with E-state index in [9.17, 15) is 0 Å². The Morgan fingerprint density at radius 1 is 0.917 bits per heavy atom. The molecule has 0 aliphatic heterocycles. The standard InChI is InChI=1S/C19H16N4S/c1-14-19(22-18-10-6-5-9-17(18)21-14)24-13-15-11-20-23(12-15)16-7-3-2-4-8-16/h2-12H,13H2,1H3. The van der Waals surface area contributed by atoms with E-state index in [2.05, 4.69) is 16.3 Å². The maximum atomic E-state index is 4.73. The summed E-state index contributed by atoms with van der Waals surface area (Å²) in [6.07, 6.45) is 3.97. The van der Waals surface area contributed by atoms with Gasteiger partial charge in [-0.3, -0.25) is 0 Å². The molecule has 0 unspecified atom stereocenters. The number of thioether (sulfide) groups is 1. The molecule has 0 aliphatic carbocycles. The van der Waals surface area contributed by atoms with E-state index in [1.807, 2.05) is 72.4 Å². The molecule has 118 valence electrons. The SMILES string of the molecule is Cc1nc2ccccc2nc1SCc1cnn(-c2ccccc2)c1. The molecule has 0 fully saturated rings. The molecule has 4 aromatic rings. The Bertz CT molecular complexity index is 979. The first-order valence-corrected chi connectivity index (χ1v) is 8.73. The largest absolute Gasteiger partial charge is 0.249 e. The average molecular weight is 332 g/mol. The molecule has 0 aliphatic rings. The average Bonchev–Trinajstić information content (AvgIpc) is 3.10. The second-order valence-electron chi connectivity index (χ2n) is 5.52. The smallest absolute Gasteiger partial charge is 0.118 e. The van der Waals surface area contributed by atoms with Gasteiger partial charge in [0.05, 0.1) is 28.6 Å². The van der Waals surface area contributed by atoms with Crippen LogP contribution in [0.25, 0.3) is 16.7 Å². The normalized spacial score (nSPS) is 11.0. The molecule has 0 spiro atoms. The summed E-state index contributed by atoms with van der Waals surface area (Å²) in [7, 11) is 0. The van der Waals surface area contributed by atoms with Crippen LogP contribution in [0.5, 0.6) is 0 Å².